The first-order chi connectivity index (χ1) is 10.8. The Labute approximate surface area is 132 Å². The van der Waals surface area contributed by atoms with Gasteiger partial charge < -0.3 is 16.0 Å². The number of amides is 1. The van der Waals surface area contributed by atoms with Gasteiger partial charge in [-0.25, -0.2) is 4.99 Å². The Balaban J connectivity index is 1.68. The molecule has 0 atom stereocenters. The van der Waals surface area contributed by atoms with Gasteiger partial charge in [0.1, 0.15) is 6.54 Å². The molecule has 1 aliphatic heterocycles. The molecule has 0 aromatic heterocycles. The van der Waals surface area contributed by atoms with Crippen LogP contribution < -0.4 is 11.1 Å². The Bertz CT molecular complexity index is 479. The number of likely N-dealkylation sites (tertiary alicyclic amines) is 1. The number of rotatable bonds is 5. The van der Waals surface area contributed by atoms with Crippen molar-refractivity contribution < 1.29 is 4.79 Å². The molecule has 120 valence electrons. The molecule has 1 aromatic rings. The number of benzene rings is 1. The second kappa shape index (κ2) is 9.07. The zero-order chi connectivity index (χ0) is 15.6. The molecule has 3 N–H and O–H groups in total. The maximum Gasteiger partial charge on any atom is 0.241 e. The number of nitrogens with two attached hydrogens (primary N) is 1. The molecular formula is C17H26N4O. The number of nitrogens with zero attached hydrogens (tertiary/aromatic N) is 2. The monoisotopic (exact) mass is 302 g/mol. The van der Waals surface area contributed by atoms with E-state index >= 15 is 0 Å². The summed E-state index contributed by atoms with van der Waals surface area (Å²) in [6.45, 7) is 2.63. The highest BCUT2D eigenvalue weighted by Gasteiger charge is 2.11. The fraction of sp³-hybridized carbons (Fsp3) is 0.529. The highest BCUT2D eigenvalue weighted by Crippen LogP contribution is 2.08. The summed E-state index contributed by atoms with van der Waals surface area (Å²) in [5.41, 5.74) is 7.20. The number of nitrogens with one attached hydrogen (secondary N) is 1. The summed E-state index contributed by atoms with van der Waals surface area (Å²) in [5, 5.41) is 2.88. The van der Waals surface area contributed by atoms with Crippen LogP contribution in [0.1, 0.15) is 31.2 Å². The van der Waals surface area contributed by atoms with Crippen LogP contribution in [0.25, 0.3) is 0 Å². The Morgan fingerprint density at radius 3 is 2.50 bits per heavy atom. The number of carbonyl (C=O) groups excluding carboxylic acids is 1. The van der Waals surface area contributed by atoms with Crippen molar-refractivity contribution in [1.82, 2.24) is 10.2 Å². The SMILES string of the molecule is NC(=NCC(=O)NCCc1ccccc1)N1CCCCCC1. The second-order valence-electron chi connectivity index (χ2n) is 5.66. The van der Waals surface area contributed by atoms with E-state index in [0.29, 0.717) is 12.5 Å². The zero-order valence-electron chi connectivity index (χ0n) is 13.1. The number of carbonyl (C=O) groups is 1. The van der Waals surface area contributed by atoms with Crippen molar-refractivity contribution >= 4 is 11.9 Å². The fourth-order valence-corrected chi connectivity index (χ4v) is 2.60. The lowest BCUT2D eigenvalue weighted by Crippen LogP contribution is -2.39. The smallest absolute Gasteiger partial charge is 0.241 e. The molecule has 0 bridgehead atoms. The molecule has 0 aliphatic carbocycles. The van der Waals surface area contributed by atoms with Crippen molar-refractivity contribution in [2.75, 3.05) is 26.2 Å². The molecule has 1 aromatic carbocycles. The van der Waals surface area contributed by atoms with Crippen LogP contribution >= 0.6 is 0 Å². The van der Waals surface area contributed by atoms with Crippen molar-refractivity contribution in [2.45, 2.75) is 32.1 Å². The van der Waals surface area contributed by atoms with Gasteiger partial charge in [-0.1, -0.05) is 43.2 Å². The molecule has 1 saturated heterocycles. The van der Waals surface area contributed by atoms with Gasteiger partial charge in [0.15, 0.2) is 5.96 Å². The lowest BCUT2D eigenvalue weighted by molar-refractivity contribution is -0.119. The minimum atomic E-state index is -0.0753. The van der Waals surface area contributed by atoms with Crippen LogP contribution in [0.4, 0.5) is 0 Å². The quantitative estimate of drug-likeness (QED) is 0.640. The van der Waals surface area contributed by atoms with Gasteiger partial charge in [0.2, 0.25) is 5.91 Å². The van der Waals surface area contributed by atoms with E-state index in [9.17, 15) is 4.79 Å². The maximum atomic E-state index is 11.8. The van der Waals surface area contributed by atoms with Gasteiger partial charge in [-0.05, 0) is 24.8 Å². The summed E-state index contributed by atoms with van der Waals surface area (Å²) in [6.07, 6.45) is 5.64. The van der Waals surface area contributed by atoms with Gasteiger partial charge >= 0.3 is 0 Å². The summed E-state index contributed by atoms with van der Waals surface area (Å²) in [6, 6.07) is 10.1. The van der Waals surface area contributed by atoms with Crippen molar-refractivity contribution in [3.8, 4) is 0 Å². The average molecular weight is 302 g/mol. The van der Waals surface area contributed by atoms with Crippen molar-refractivity contribution in [3.63, 3.8) is 0 Å². The largest absolute Gasteiger partial charge is 0.370 e. The van der Waals surface area contributed by atoms with Crippen LogP contribution in [-0.2, 0) is 11.2 Å². The Morgan fingerprint density at radius 1 is 1.14 bits per heavy atom. The third-order valence-electron chi connectivity index (χ3n) is 3.89. The maximum absolute atomic E-state index is 11.8. The molecule has 0 unspecified atom stereocenters. The van der Waals surface area contributed by atoms with Gasteiger partial charge in [0.05, 0.1) is 0 Å². The van der Waals surface area contributed by atoms with E-state index in [4.69, 9.17) is 5.73 Å². The van der Waals surface area contributed by atoms with Gasteiger partial charge in [0, 0.05) is 19.6 Å². The number of hydrogen-bond donors (Lipinski definition) is 2. The molecule has 22 heavy (non-hydrogen) atoms. The second-order valence-corrected chi connectivity index (χ2v) is 5.66. The van der Waals surface area contributed by atoms with Crippen molar-refractivity contribution in [3.05, 3.63) is 35.9 Å². The predicted octanol–water partition coefficient (Wildman–Crippen LogP) is 1.54. The molecule has 1 fully saturated rings. The average Bonchev–Trinajstić information content (AvgIpc) is 2.83. The van der Waals surface area contributed by atoms with E-state index < -0.39 is 0 Å². The highest BCUT2D eigenvalue weighted by molar-refractivity contribution is 5.84. The number of hydrogen-bond acceptors (Lipinski definition) is 2. The molecule has 0 saturated carbocycles. The molecule has 1 heterocycles. The van der Waals surface area contributed by atoms with Gasteiger partial charge in [-0.15, -0.1) is 0 Å². The fourth-order valence-electron chi connectivity index (χ4n) is 2.60. The molecule has 1 aliphatic rings. The van der Waals surface area contributed by atoms with Gasteiger partial charge in [-0.3, -0.25) is 4.79 Å². The molecule has 0 spiro atoms. The van der Waals surface area contributed by atoms with Gasteiger partial charge in [0.25, 0.3) is 0 Å². The molecule has 2 rings (SSSR count). The van der Waals surface area contributed by atoms with Crippen LogP contribution in [0.5, 0.6) is 0 Å². The van der Waals surface area contributed by atoms with E-state index in [0.717, 1.165) is 32.4 Å². The first kappa shape index (κ1) is 16.3. The summed E-state index contributed by atoms with van der Waals surface area (Å²) >= 11 is 0. The normalized spacial score (nSPS) is 16.2. The Hall–Kier alpha value is -2.04. The molecule has 0 radical (unpaired) electrons. The molecule has 1 amide bonds. The minimum Gasteiger partial charge on any atom is -0.370 e. The highest BCUT2D eigenvalue weighted by atomic mass is 16.1. The van der Waals surface area contributed by atoms with E-state index in [-0.39, 0.29) is 12.5 Å². The summed E-state index contributed by atoms with van der Waals surface area (Å²) in [7, 11) is 0. The van der Waals surface area contributed by atoms with E-state index in [1.165, 1.54) is 18.4 Å². The standard InChI is InChI=1S/C17H26N4O/c18-17(21-12-6-1-2-7-13-21)20-14-16(22)19-11-10-15-8-4-3-5-9-15/h3-5,8-9H,1-2,6-7,10-14H2,(H2,18,20)(H,19,22). The summed E-state index contributed by atoms with van der Waals surface area (Å²) < 4.78 is 0. The lowest BCUT2D eigenvalue weighted by Gasteiger charge is -2.20. The summed E-state index contributed by atoms with van der Waals surface area (Å²) in [5.74, 6) is 0.425. The topological polar surface area (TPSA) is 70.7 Å². The van der Waals surface area contributed by atoms with E-state index in [2.05, 4.69) is 27.3 Å². The molecular weight excluding hydrogens is 276 g/mol. The van der Waals surface area contributed by atoms with Crippen molar-refractivity contribution in [2.24, 2.45) is 10.7 Å². The lowest BCUT2D eigenvalue weighted by atomic mass is 10.1. The molecule has 5 nitrogen and oxygen atoms in total. The minimum absolute atomic E-state index is 0.0753. The summed E-state index contributed by atoms with van der Waals surface area (Å²) in [4.78, 5) is 18.1. The Kier molecular flexibility index (Phi) is 6.74. The Morgan fingerprint density at radius 2 is 1.82 bits per heavy atom. The number of aliphatic imine (C=N–C) groups is 1. The first-order valence-electron chi connectivity index (χ1n) is 8.11. The van der Waals surface area contributed by atoms with Crippen LogP contribution in [0, 0.1) is 0 Å². The predicted molar refractivity (Wildman–Crippen MR) is 89.7 cm³/mol. The molecule has 5 heteroatoms. The number of guanidine groups is 1. The van der Waals surface area contributed by atoms with Crippen LogP contribution in [0.15, 0.2) is 35.3 Å². The van der Waals surface area contributed by atoms with Crippen molar-refractivity contribution in [1.29, 1.82) is 0 Å². The third-order valence-corrected chi connectivity index (χ3v) is 3.89. The van der Waals surface area contributed by atoms with Crippen LogP contribution in [-0.4, -0.2) is 42.9 Å². The van der Waals surface area contributed by atoms with Gasteiger partial charge in [-0.2, -0.15) is 0 Å². The van der Waals surface area contributed by atoms with E-state index in [1.807, 2.05) is 18.2 Å². The first-order valence-corrected chi connectivity index (χ1v) is 8.11. The zero-order valence-corrected chi connectivity index (χ0v) is 13.1. The van der Waals surface area contributed by atoms with Crippen LogP contribution in [0.2, 0.25) is 0 Å². The van der Waals surface area contributed by atoms with Crippen LogP contribution in [0.3, 0.4) is 0 Å². The van der Waals surface area contributed by atoms with E-state index in [1.54, 1.807) is 0 Å². The third kappa shape index (κ3) is 5.76.